The highest BCUT2D eigenvalue weighted by Crippen LogP contribution is 2.33. The topological polar surface area (TPSA) is 17.3 Å². The van der Waals surface area contributed by atoms with E-state index in [0.717, 1.165) is 0 Å². The maximum atomic E-state index is 14.1. The van der Waals surface area contributed by atoms with Gasteiger partial charge in [-0.25, -0.2) is 4.99 Å². The fraction of sp³-hybridized carbons (Fsp3) is 0.0455. The number of aliphatic imine (C=N–C) groups is 1. The lowest BCUT2D eigenvalue weighted by Crippen LogP contribution is -2.30. The van der Waals surface area contributed by atoms with Crippen LogP contribution in [0.25, 0.3) is 22.2 Å². The molecule has 4 aromatic rings. The lowest BCUT2D eigenvalue weighted by molar-refractivity contribution is -0.0612. The minimum atomic E-state index is -4.66. The first kappa shape index (κ1) is 18.3. The number of fused-ring (bicyclic) bond motifs is 1. The Morgan fingerprint density at radius 3 is 2.14 bits per heavy atom. The Bertz CT molecular complexity index is 1140. The van der Waals surface area contributed by atoms with Gasteiger partial charge in [0, 0.05) is 10.4 Å². The van der Waals surface area contributed by atoms with E-state index in [1.165, 1.54) is 28.8 Å². The van der Waals surface area contributed by atoms with Crippen molar-refractivity contribution in [2.24, 2.45) is 4.99 Å². The molecule has 28 heavy (non-hydrogen) atoms. The minimum Gasteiger partial charge on any atom is -0.290 e. The van der Waals surface area contributed by atoms with E-state index in [0.29, 0.717) is 27.2 Å². The molecule has 0 unspecified atom stereocenters. The summed E-state index contributed by atoms with van der Waals surface area (Å²) >= 11 is 5.85. The summed E-state index contributed by atoms with van der Waals surface area (Å²) in [5.74, 6) is -1.00. The smallest absolute Gasteiger partial charge is 0.290 e. The summed E-state index contributed by atoms with van der Waals surface area (Å²) < 4.78 is 43.4. The van der Waals surface area contributed by atoms with Gasteiger partial charge in [-0.15, -0.1) is 0 Å². The molecule has 6 heteroatoms. The number of para-hydroxylation sites is 1. The van der Waals surface area contributed by atoms with Crippen molar-refractivity contribution in [1.82, 2.24) is 4.57 Å². The molecule has 0 saturated heterocycles. The summed E-state index contributed by atoms with van der Waals surface area (Å²) in [5.41, 5.74) is 1.71. The molecule has 0 atom stereocenters. The van der Waals surface area contributed by atoms with Crippen LogP contribution < -0.4 is 0 Å². The van der Waals surface area contributed by atoms with E-state index in [4.69, 9.17) is 11.6 Å². The standard InChI is InChI=1S/C22H14ClF3N2/c23-17-10-12-18(13-11-17)27-21(22(24,25)26)28-19-9-5-4-8-16(19)14-20(28)15-6-2-1-3-7-15/h1-14H. The Labute approximate surface area is 164 Å². The quantitative estimate of drug-likeness (QED) is 0.253. The third kappa shape index (κ3) is 3.53. The van der Waals surface area contributed by atoms with Crippen molar-refractivity contribution in [2.75, 3.05) is 0 Å². The first-order valence-corrected chi connectivity index (χ1v) is 8.89. The van der Waals surface area contributed by atoms with Crippen LogP contribution in [-0.2, 0) is 0 Å². The highest BCUT2D eigenvalue weighted by atomic mass is 35.5. The average molecular weight is 399 g/mol. The number of aromatic nitrogens is 1. The Morgan fingerprint density at radius 1 is 0.821 bits per heavy atom. The van der Waals surface area contributed by atoms with Crippen molar-refractivity contribution in [1.29, 1.82) is 0 Å². The zero-order valence-electron chi connectivity index (χ0n) is 14.5. The molecular formula is C22H14ClF3N2. The van der Waals surface area contributed by atoms with Gasteiger partial charge in [0.1, 0.15) is 0 Å². The molecule has 0 radical (unpaired) electrons. The van der Waals surface area contributed by atoms with E-state index >= 15 is 0 Å². The Kier molecular flexibility index (Phi) is 4.69. The molecule has 0 amide bonds. The van der Waals surface area contributed by atoms with E-state index < -0.39 is 12.0 Å². The second kappa shape index (κ2) is 7.17. The molecule has 1 aromatic heterocycles. The molecule has 0 spiro atoms. The monoisotopic (exact) mass is 398 g/mol. The second-order valence-corrected chi connectivity index (χ2v) is 6.64. The van der Waals surface area contributed by atoms with Crippen LogP contribution in [0.4, 0.5) is 18.9 Å². The van der Waals surface area contributed by atoms with Crippen molar-refractivity contribution in [3.63, 3.8) is 0 Å². The van der Waals surface area contributed by atoms with E-state index in [2.05, 4.69) is 4.99 Å². The van der Waals surface area contributed by atoms with E-state index in [9.17, 15) is 13.2 Å². The molecule has 0 aliphatic rings. The maximum absolute atomic E-state index is 14.1. The lowest BCUT2D eigenvalue weighted by atomic mass is 10.1. The van der Waals surface area contributed by atoms with Gasteiger partial charge in [0.15, 0.2) is 0 Å². The van der Waals surface area contributed by atoms with E-state index in [1.54, 1.807) is 54.6 Å². The first-order valence-electron chi connectivity index (χ1n) is 8.51. The highest BCUT2D eigenvalue weighted by Gasteiger charge is 2.39. The number of halogens is 4. The molecule has 0 aliphatic carbocycles. The third-order valence-corrected chi connectivity index (χ3v) is 4.56. The number of alkyl halides is 3. The lowest BCUT2D eigenvalue weighted by Gasteiger charge is -2.16. The predicted octanol–water partition coefficient (Wildman–Crippen LogP) is 7.10. The first-order chi connectivity index (χ1) is 13.4. The summed E-state index contributed by atoms with van der Waals surface area (Å²) in [6.45, 7) is 0. The zero-order chi connectivity index (χ0) is 19.7. The molecule has 3 aromatic carbocycles. The molecule has 0 fully saturated rings. The van der Waals surface area contributed by atoms with Crippen LogP contribution in [0, 0.1) is 0 Å². The molecule has 0 bridgehead atoms. The van der Waals surface area contributed by atoms with Crippen LogP contribution in [-0.4, -0.2) is 16.6 Å². The Balaban J connectivity index is 2.02. The Morgan fingerprint density at radius 2 is 1.46 bits per heavy atom. The van der Waals surface area contributed by atoms with Gasteiger partial charge in [-0.2, -0.15) is 13.2 Å². The molecule has 140 valence electrons. The van der Waals surface area contributed by atoms with Crippen molar-refractivity contribution >= 4 is 34.0 Å². The van der Waals surface area contributed by atoms with Crippen molar-refractivity contribution in [3.8, 4) is 11.3 Å². The van der Waals surface area contributed by atoms with Gasteiger partial charge in [0.05, 0.1) is 16.9 Å². The number of nitrogens with zero attached hydrogens (tertiary/aromatic N) is 2. The summed E-state index contributed by atoms with van der Waals surface area (Å²) in [5, 5.41) is 1.14. The molecule has 0 N–H and O–H groups in total. The molecule has 0 aliphatic heterocycles. The van der Waals surface area contributed by atoms with Crippen LogP contribution in [0.2, 0.25) is 5.02 Å². The van der Waals surface area contributed by atoms with Gasteiger partial charge >= 0.3 is 6.18 Å². The largest absolute Gasteiger partial charge is 0.450 e. The van der Waals surface area contributed by atoms with Crippen molar-refractivity contribution in [2.45, 2.75) is 6.18 Å². The summed E-state index contributed by atoms with van der Waals surface area (Å²) in [6, 6.07) is 23.6. The van der Waals surface area contributed by atoms with Gasteiger partial charge in [-0.1, -0.05) is 60.1 Å². The minimum absolute atomic E-state index is 0.175. The molecule has 2 nitrogen and oxygen atoms in total. The van der Waals surface area contributed by atoms with Gasteiger partial charge in [0.2, 0.25) is 5.84 Å². The van der Waals surface area contributed by atoms with E-state index in [-0.39, 0.29) is 5.69 Å². The number of benzene rings is 3. The maximum Gasteiger partial charge on any atom is 0.450 e. The van der Waals surface area contributed by atoms with Crippen LogP contribution in [0.5, 0.6) is 0 Å². The fourth-order valence-electron chi connectivity index (χ4n) is 3.08. The normalized spacial score (nSPS) is 12.5. The van der Waals surface area contributed by atoms with Crippen LogP contribution in [0.1, 0.15) is 0 Å². The van der Waals surface area contributed by atoms with Crippen LogP contribution in [0.15, 0.2) is 89.9 Å². The second-order valence-electron chi connectivity index (χ2n) is 6.20. The molecule has 0 saturated carbocycles. The van der Waals surface area contributed by atoms with Crippen molar-refractivity contribution < 1.29 is 13.2 Å². The fourth-order valence-corrected chi connectivity index (χ4v) is 3.21. The summed E-state index contributed by atoms with van der Waals surface area (Å²) in [6.07, 6.45) is -4.66. The number of hydrogen-bond acceptors (Lipinski definition) is 1. The van der Waals surface area contributed by atoms with Gasteiger partial charge in [0.25, 0.3) is 0 Å². The van der Waals surface area contributed by atoms with Crippen molar-refractivity contribution in [3.05, 3.63) is 90.0 Å². The zero-order valence-corrected chi connectivity index (χ0v) is 15.2. The summed E-state index contributed by atoms with van der Waals surface area (Å²) in [7, 11) is 0. The molecule has 1 heterocycles. The SMILES string of the molecule is FC(F)(F)C(=Nc1ccc(Cl)cc1)n1c(-c2ccccc2)cc2ccccc21. The van der Waals surface area contributed by atoms with Gasteiger partial charge in [-0.05, 0) is 42.0 Å². The predicted molar refractivity (Wildman–Crippen MR) is 107 cm³/mol. The summed E-state index contributed by atoms with van der Waals surface area (Å²) in [4.78, 5) is 3.95. The molecular weight excluding hydrogens is 385 g/mol. The van der Waals surface area contributed by atoms with Crippen LogP contribution >= 0.6 is 11.6 Å². The highest BCUT2D eigenvalue weighted by molar-refractivity contribution is 6.30. The molecule has 4 rings (SSSR count). The Hall–Kier alpha value is -3.05. The third-order valence-electron chi connectivity index (χ3n) is 4.31. The number of hydrogen-bond donors (Lipinski definition) is 0. The van der Waals surface area contributed by atoms with Gasteiger partial charge in [-0.3, -0.25) is 4.57 Å². The van der Waals surface area contributed by atoms with Gasteiger partial charge < -0.3 is 0 Å². The van der Waals surface area contributed by atoms with Crippen LogP contribution in [0.3, 0.4) is 0 Å². The van der Waals surface area contributed by atoms with E-state index in [1.807, 2.05) is 6.07 Å². The number of rotatable bonds is 2. The average Bonchev–Trinajstić information content (AvgIpc) is 3.06.